The minimum absolute atomic E-state index is 0.00702. The summed E-state index contributed by atoms with van der Waals surface area (Å²) in [7, 11) is 0. The molecule has 0 atom stereocenters. The minimum atomic E-state index is -2.72. The summed E-state index contributed by atoms with van der Waals surface area (Å²) in [6.45, 7) is 0. The molecule has 0 spiro atoms. The third kappa shape index (κ3) is 5.58. The van der Waals surface area contributed by atoms with E-state index in [-0.39, 0.29) is 33.6 Å². The Hall–Kier alpha value is -3.33. The maximum absolute atomic E-state index is 13.2. The van der Waals surface area contributed by atoms with Gasteiger partial charge in [0.05, 0.1) is 5.56 Å². The van der Waals surface area contributed by atoms with Crippen molar-refractivity contribution in [1.29, 1.82) is 0 Å². The second-order valence-electron chi connectivity index (χ2n) is 5.73. The molecule has 1 heterocycles. The summed E-state index contributed by atoms with van der Waals surface area (Å²) in [5.41, 5.74) is 0.792. The molecule has 0 radical (unpaired) electrons. The summed E-state index contributed by atoms with van der Waals surface area (Å²) in [5.74, 6) is -4.34. The Morgan fingerprint density at radius 2 is 1.59 bits per heavy atom. The first kappa shape index (κ1) is 20.4. The Morgan fingerprint density at radius 1 is 0.897 bits per heavy atom. The van der Waals surface area contributed by atoms with Gasteiger partial charge in [-0.3, -0.25) is 9.59 Å². The van der Waals surface area contributed by atoms with E-state index in [2.05, 4.69) is 15.6 Å². The van der Waals surface area contributed by atoms with Crippen molar-refractivity contribution >= 4 is 35.0 Å². The molecular formula is C20H14F3N3O2S. The van der Waals surface area contributed by atoms with Crippen LogP contribution in [0.3, 0.4) is 0 Å². The van der Waals surface area contributed by atoms with Gasteiger partial charge in [-0.1, -0.05) is 12.1 Å². The molecule has 0 fully saturated rings. The highest BCUT2D eigenvalue weighted by molar-refractivity contribution is 7.99. The zero-order valence-corrected chi connectivity index (χ0v) is 15.6. The first-order chi connectivity index (χ1) is 13.9. The summed E-state index contributed by atoms with van der Waals surface area (Å²) in [5, 5.41) is 5.02. The maximum atomic E-state index is 13.2. The van der Waals surface area contributed by atoms with Gasteiger partial charge >= 0.3 is 0 Å². The van der Waals surface area contributed by atoms with E-state index >= 15 is 0 Å². The molecule has 0 bridgehead atoms. The van der Waals surface area contributed by atoms with Crippen LogP contribution in [-0.4, -0.2) is 22.6 Å². The van der Waals surface area contributed by atoms with Crippen LogP contribution in [0, 0.1) is 5.82 Å². The molecular weight excluding hydrogens is 403 g/mol. The third-order valence-electron chi connectivity index (χ3n) is 3.68. The predicted octanol–water partition coefficient (Wildman–Crippen LogP) is 5.04. The van der Waals surface area contributed by atoms with Gasteiger partial charge in [0.2, 0.25) is 0 Å². The van der Waals surface area contributed by atoms with Crippen molar-refractivity contribution < 1.29 is 22.8 Å². The van der Waals surface area contributed by atoms with Crippen LogP contribution >= 0.6 is 11.8 Å². The average Bonchev–Trinajstić information content (AvgIpc) is 2.68. The van der Waals surface area contributed by atoms with Crippen LogP contribution in [0.15, 0.2) is 71.9 Å². The highest BCUT2D eigenvalue weighted by Crippen LogP contribution is 2.27. The standard InChI is InChI=1S/C20H14F3N3O2S/c21-13-5-2-7-15(11-13)25-17(27)12-4-1-6-14(10-12)26-18(28)16-8-3-9-24-19(16)29-20(22)23/h1-11,20H,(H,25,27)(H,26,28). The van der Waals surface area contributed by atoms with Crippen LogP contribution < -0.4 is 10.6 Å². The number of aromatic nitrogens is 1. The second kappa shape index (κ2) is 9.24. The molecule has 2 N–H and O–H groups in total. The van der Waals surface area contributed by atoms with E-state index in [9.17, 15) is 22.8 Å². The fraction of sp³-hybridized carbons (Fsp3) is 0.0500. The molecule has 3 aromatic rings. The van der Waals surface area contributed by atoms with Gasteiger partial charge < -0.3 is 10.6 Å². The van der Waals surface area contributed by atoms with E-state index in [0.717, 1.165) is 0 Å². The summed E-state index contributed by atoms with van der Waals surface area (Å²) in [6, 6.07) is 14.3. The molecule has 0 saturated carbocycles. The fourth-order valence-electron chi connectivity index (χ4n) is 2.45. The van der Waals surface area contributed by atoms with Crippen LogP contribution in [0.5, 0.6) is 0 Å². The summed E-state index contributed by atoms with van der Waals surface area (Å²) < 4.78 is 38.6. The Balaban J connectivity index is 1.75. The minimum Gasteiger partial charge on any atom is -0.322 e. The van der Waals surface area contributed by atoms with Crippen molar-refractivity contribution in [3.8, 4) is 0 Å². The van der Waals surface area contributed by atoms with Crippen molar-refractivity contribution in [2.75, 3.05) is 10.6 Å². The van der Waals surface area contributed by atoms with Gasteiger partial charge in [-0.05, 0) is 60.3 Å². The molecule has 2 amide bonds. The lowest BCUT2D eigenvalue weighted by Gasteiger charge is -2.10. The third-order valence-corrected chi connectivity index (χ3v) is 4.41. The van der Waals surface area contributed by atoms with E-state index in [0.29, 0.717) is 5.69 Å². The Morgan fingerprint density at radius 3 is 2.31 bits per heavy atom. The number of hydrogen-bond donors (Lipinski definition) is 2. The Bertz CT molecular complexity index is 1050. The number of carbonyl (C=O) groups is 2. The molecule has 0 unspecified atom stereocenters. The van der Waals surface area contributed by atoms with Gasteiger partial charge in [-0.2, -0.15) is 8.78 Å². The number of nitrogens with one attached hydrogen (secondary N) is 2. The van der Waals surface area contributed by atoms with Crippen molar-refractivity contribution in [3.63, 3.8) is 0 Å². The van der Waals surface area contributed by atoms with Crippen LogP contribution in [0.1, 0.15) is 20.7 Å². The molecule has 5 nitrogen and oxygen atoms in total. The van der Waals surface area contributed by atoms with Crippen LogP contribution in [-0.2, 0) is 0 Å². The van der Waals surface area contributed by atoms with E-state index in [1.54, 1.807) is 12.1 Å². The van der Waals surface area contributed by atoms with Crippen molar-refractivity contribution in [2.24, 2.45) is 0 Å². The SMILES string of the molecule is O=C(Nc1cccc(F)c1)c1cccc(NC(=O)c2cccnc2SC(F)F)c1. The van der Waals surface area contributed by atoms with Gasteiger partial charge in [-0.25, -0.2) is 9.37 Å². The molecule has 0 aliphatic rings. The topological polar surface area (TPSA) is 71.1 Å². The number of hydrogen-bond acceptors (Lipinski definition) is 4. The van der Waals surface area contributed by atoms with Crippen molar-refractivity contribution in [3.05, 3.63) is 83.8 Å². The molecule has 3 rings (SSSR count). The molecule has 2 aromatic carbocycles. The highest BCUT2D eigenvalue weighted by atomic mass is 32.2. The summed E-state index contributed by atoms with van der Waals surface area (Å²) in [4.78, 5) is 28.6. The average molecular weight is 417 g/mol. The van der Waals surface area contributed by atoms with Gasteiger partial charge in [0.25, 0.3) is 17.6 Å². The number of amides is 2. The summed E-state index contributed by atoms with van der Waals surface area (Å²) in [6.07, 6.45) is 1.32. The van der Waals surface area contributed by atoms with Gasteiger partial charge in [-0.15, -0.1) is 0 Å². The number of halogens is 3. The zero-order valence-electron chi connectivity index (χ0n) is 14.7. The highest BCUT2D eigenvalue weighted by Gasteiger charge is 2.17. The number of thioether (sulfide) groups is 1. The molecule has 1 aromatic heterocycles. The zero-order chi connectivity index (χ0) is 20.8. The van der Waals surface area contributed by atoms with E-state index in [1.807, 2.05) is 0 Å². The van der Waals surface area contributed by atoms with Crippen LogP contribution in [0.2, 0.25) is 0 Å². The lowest BCUT2D eigenvalue weighted by Crippen LogP contribution is -2.15. The number of rotatable bonds is 6. The largest absolute Gasteiger partial charge is 0.322 e. The summed E-state index contributed by atoms with van der Waals surface area (Å²) >= 11 is 0.174. The van der Waals surface area contributed by atoms with E-state index < -0.39 is 23.4 Å². The number of anilines is 2. The number of pyridine rings is 1. The quantitative estimate of drug-likeness (QED) is 0.552. The Labute approximate surface area is 168 Å². The van der Waals surface area contributed by atoms with Crippen molar-refractivity contribution in [1.82, 2.24) is 4.98 Å². The van der Waals surface area contributed by atoms with Crippen LogP contribution in [0.25, 0.3) is 0 Å². The molecule has 29 heavy (non-hydrogen) atoms. The van der Waals surface area contributed by atoms with Gasteiger partial charge in [0, 0.05) is 23.1 Å². The van der Waals surface area contributed by atoms with E-state index in [1.165, 1.54) is 54.7 Å². The monoisotopic (exact) mass is 417 g/mol. The lowest BCUT2D eigenvalue weighted by atomic mass is 10.1. The molecule has 148 valence electrons. The van der Waals surface area contributed by atoms with E-state index in [4.69, 9.17) is 0 Å². The maximum Gasteiger partial charge on any atom is 0.290 e. The molecule has 9 heteroatoms. The number of benzene rings is 2. The Kier molecular flexibility index (Phi) is 6.50. The molecule has 0 aliphatic carbocycles. The lowest BCUT2D eigenvalue weighted by molar-refractivity contribution is 0.101. The first-order valence-corrected chi connectivity index (χ1v) is 9.18. The van der Waals surface area contributed by atoms with Gasteiger partial charge in [0.15, 0.2) is 0 Å². The van der Waals surface area contributed by atoms with Crippen LogP contribution in [0.4, 0.5) is 24.5 Å². The van der Waals surface area contributed by atoms with Crippen molar-refractivity contribution in [2.45, 2.75) is 10.8 Å². The smallest absolute Gasteiger partial charge is 0.290 e. The second-order valence-corrected chi connectivity index (χ2v) is 6.71. The fourth-order valence-corrected chi connectivity index (χ4v) is 3.03. The number of alkyl halides is 2. The predicted molar refractivity (Wildman–Crippen MR) is 105 cm³/mol. The normalized spacial score (nSPS) is 10.6. The number of carbonyl (C=O) groups excluding carboxylic acids is 2. The molecule has 0 saturated heterocycles. The van der Waals surface area contributed by atoms with Gasteiger partial charge in [0.1, 0.15) is 10.8 Å². The first-order valence-electron chi connectivity index (χ1n) is 8.30. The number of nitrogens with zero attached hydrogens (tertiary/aromatic N) is 1. The molecule has 0 aliphatic heterocycles.